The van der Waals surface area contributed by atoms with Crippen molar-refractivity contribution in [3.8, 4) is 0 Å². The molecule has 2 atom stereocenters. The Labute approximate surface area is 117 Å². The van der Waals surface area contributed by atoms with E-state index in [9.17, 15) is 39.6 Å². The van der Waals surface area contributed by atoms with E-state index in [2.05, 4.69) is 0 Å². The molecule has 0 N–H and O–H groups in total. The second-order valence-corrected chi connectivity index (χ2v) is 7.56. The lowest BCUT2D eigenvalue weighted by molar-refractivity contribution is -0.275. The molecule has 0 radical (unpaired) electrons. The molecule has 0 aliphatic heterocycles. The highest BCUT2D eigenvalue weighted by Crippen LogP contribution is 2.43. The normalized spacial score (nSPS) is 25.1. The molecule has 21 heavy (non-hydrogen) atoms. The molecule has 124 valence electrons. The highest BCUT2D eigenvalue weighted by Gasteiger charge is 2.61. The molecule has 0 bridgehead atoms. The van der Waals surface area contributed by atoms with Crippen LogP contribution in [0.1, 0.15) is 25.7 Å². The Kier molecular flexibility index (Phi) is 5.01. The fourth-order valence-corrected chi connectivity index (χ4v) is 3.71. The number of hydrogen-bond donors (Lipinski definition) is 0. The molecule has 0 aromatic carbocycles. The molecule has 1 saturated carbocycles. The summed E-state index contributed by atoms with van der Waals surface area (Å²) >= 11 is 0. The quantitative estimate of drug-likeness (QED) is 0.743. The van der Waals surface area contributed by atoms with E-state index >= 15 is 0 Å². The van der Waals surface area contributed by atoms with E-state index in [-0.39, 0.29) is 19.3 Å². The molecule has 0 amide bonds. The van der Waals surface area contributed by atoms with E-state index in [4.69, 9.17) is 0 Å². The zero-order chi connectivity index (χ0) is 16.6. The maximum absolute atomic E-state index is 12.5. The van der Waals surface area contributed by atoms with Gasteiger partial charge in [-0.05, 0) is 19.3 Å². The zero-order valence-electron chi connectivity index (χ0n) is 11.0. The summed E-state index contributed by atoms with van der Waals surface area (Å²) in [5.74, 6) is -7.57. The van der Waals surface area contributed by atoms with Crippen LogP contribution in [0.5, 0.6) is 0 Å². The molecule has 0 spiro atoms. The standard InChI is InChI=1S/C11H14F6O3S/c1-21(19,20)7-4-2-3-6(5-7)8(18)9(10(12,13)14)11(15,16)17/h6-7,9H,2-5H2,1H3. The molecule has 10 heteroatoms. The number of carbonyl (C=O) groups is 1. The number of alkyl halides is 6. The van der Waals surface area contributed by atoms with Gasteiger partial charge >= 0.3 is 12.4 Å². The van der Waals surface area contributed by atoms with Gasteiger partial charge in [0.15, 0.2) is 5.78 Å². The fourth-order valence-electron chi connectivity index (χ4n) is 2.54. The van der Waals surface area contributed by atoms with Crippen molar-refractivity contribution in [3.05, 3.63) is 0 Å². The minimum Gasteiger partial charge on any atom is -0.298 e. The van der Waals surface area contributed by atoms with Gasteiger partial charge in [-0.25, -0.2) is 8.42 Å². The van der Waals surface area contributed by atoms with Crippen LogP contribution in [0, 0.1) is 11.8 Å². The second-order valence-electron chi connectivity index (χ2n) is 5.23. The van der Waals surface area contributed by atoms with E-state index in [1.165, 1.54) is 0 Å². The summed E-state index contributed by atoms with van der Waals surface area (Å²) in [4.78, 5) is 11.6. The Balaban J connectivity index is 3.00. The van der Waals surface area contributed by atoms with Gasteiger partial charge in [0.1, 0.15) is 9.84 Å². The number of hydrogen-bond acceptors (Lipinski definition) is 3. The second kappa shape index (κ2) is 5.77. The van der Waals surface area contributed by atoms with Gasteiger partial charge in [-0.1, -0.05) is 6.42 Å². The lowest BCUT2D eigenvalue weighted by atomic mass is 9.81. The van der Waals surface area contributed by atoms with Crippen molar-refractivity contribution < 1.29 is 39.6 Å². The molecule has 0 aromatic heterocycles. The van der Waals surface area contributed by atoms with Crippen LogP contribution in [0.3, 0.4) is 0 Å². The van der Waals surface area contributed by atoms with Crippen LogP contribution in [0.2, 0.25) is 0 Å². The highest BCUT2D eigenvalue weighted by atomic mass is 32.2. The molecule has 0 heterocycles. The molecular weight excluding hydrogens is 326 g/mol. The summed E-state index contributed by atoms with van der Waals surface area (Å²) < 4.78 is 97.7. The fraction of sp³-hybridized carbons (Fsp3) is 0.909. The van der Waals surface area contributed by atoms with Crippen molar-refractivity contribution in [2.45, 2.75) is 43.3 Å². The molecular formula is C11H14F6O3S. The van der Waals surface area contributed by atoms with E-state index in [1.54, 1.807) is 0 Å². The van der Waals surface area contributed by atoms with Gasteiger partial charge in [0.05, 0.1) is 5.25 Å². The van der Waals surface area contributed by atoms with Gasteiger partial charge in [0, 0.05) is 12.2 Å². The van der Waals surface area contributed by atoms with E-state index in [0.717, 1.165) is 6.26 Å². The molecule has 0 aromatic rings. The third-order valence-electron chi connectivity index (χ3n) is 3.57. The van der Waals surface area contributed by atoms with Crippen molar-refractivity contribution in [3.63, 3.8) is 0 Å². The maximum Gasteiger partial charge on any atom is 0.407 e. The van der Waals surface area contributed by atoms with Gasteiger partial charge in [0.25, 0.3) is 0 Å². The van der Waals surface area contributed by atoms with E-state index < -0.39 is 51.5 Å². The van der Waals surface area contributed by atoms with Crippen molar-refractivity contribution in [2.75, 3.05) is 6.26 Å². The van der Waals surface area contributed by atoms with Crippen LogP contribution in [0.15, 0.2) is 0 Å². The summed E-state index contributed by atoms with van der Waals surface area (Å²) in [5, 5.41) is -1.07. The number of Topliss-reactive ketones (excluding diaryl/α,β-unsaturated/α-hetero) is 1. The van der Waals surface area contributed by atoms with Crippen molar-refractivity contribution in [2.24, 2.45) is 11.8 Å². The van der Waals surface area contributed by atoms with Crippen LogP contribution in [0.4, 0.5) is 26.3 Å². The lowest BCUT2D eigenvalue weighted by Crippen LogP contribution is -2.46. The molecule has 3 nitrogen and oxygen atoms in total. The SMILES string of the molecule is CS(=O)(=O)C1CCCC(C(=O)C(C(F)(F)F)C(F)(F)F)C1. The first-order chi connectivity index (χ1) is 9.24. The van der Waals surface area contributed by atoms with Crippen molar-refractivity contribution >= 4 is 15.6 Å². The first-order valence-electron chi connectivity index (χ1n) is 6.10. The molecule has 1 fully saturated rings. The number of ketones is 1. The van der Waals surface area contributed by atoms with Crippen molar-refractivity contribution in [1.82, 2.24) is 0 Å². The first-order valence-corrected chi connectivity index (χ1v) is 8.06. The van der Waals surface area contributed by atoms with Gasteiger partial charge in [0.2, 0.25) is 5.92 Å². The third-order valence-corrected chi connectivity index (χ3v) is 5.21. The summed E-state index contributed by atoms with van der Waals surface area (Å²) in [6.07, 6.45) is -11.0. The van der Waals surface area contributed by atoms with E-state index in [0.29, 0.717) is 0 Å². The van der Waals surface area contributed by atoms with Crippen molar-refractivity contribution in [1.29, 1.82) is 0 Å². The molecule has 2 unspecified atom stereocenters. The summed E-state index contributed by atoms with van der Waals surface area (Å²) in [6.45, 7) is 0. The molecule has 0 saturated heterocycles. The van der Waals surface area contributed by atoms with Crippen LogP contribution in [-0.2, 0) is 14.6 Å². The average molecular weight is 340 g/mol. The maximum atomic E-state index is 12.5. The number of carbonyl (C=O) groups excluding carboxylic acids is 1. The topological polar surface area (TPSA) is 51.2 Å². The average Bonchev–Trinajstić information content (AvgIpc) is 2.24. The number of sulfone groups is 1. The highest BCUT2D eigenvalue weighted by molar-refractivity contribution is 7.91. The van der Waals surface area contributed by atoms with Gasteiger partial charge in [-0.2, -0.15) is 26.3 Å². The molecule has 1 aliphatic carbocycles. The van der Waals surface area contributed by atoms with Gasteiger partial charge < -0.3 is 0 Å². The van der Waals surface area contributed by atoms with E-state index in [1.807, 2.05) is 0 Å². The Hall–Kier alpha value is -0.800. The molecule has 1 rings (SSSR count). The van der Waals surface area contributed by atoms with Crippen LogP contribution < -0.4 is 0 Å². The Bertz CT molecular complexity index is 479. The number of halogens is 6. The first kappa shape index (κ1) is 18.2. The third kappa shape index (κ3) is 4.58. The minimum atomic E-state index is -5.73. The molecule has 1 aliphatic rings. The van der Waals surface area contributed by atoms with Crippen LogP contribution in [-0.4, -0.2) is 38.1 Å². The summed E-state index contributed by atoms with van der Waals surface area (Å²) in [6, 6.07) is 0. The van der Waals surface area contributed by atoms with Gasteiger partial charge in [-0.15, -0.1) is 0 Å². The predicted molar refractivity (Wildman–Crippen MR) is 61.2 cm³/mol. The minimum absolute atomic E-state index is 0.108. The Morgan fingerprint density at radius 3 is 1.90 bits per heavy atom. The largest absolute Gasteiger partial charge is 0.407 e. The Morgan fingerprint density at radius 2 is 1.52 bits per heavy atom. The zero-order valence-corrected chi connectivity index (χ0v) is 11.8. The monoisotopic (exact) mass is 340 g/mol. The Morgan fingerprint density at radius 1 is 1.05 bits per heavy atom. The predicted octanol–water partition coefficient (Wildman–Crippen LogP) is 2.90. The summed E-state index contributed by atoms with van der Waals surface area (Å²) in [7, 11) is -3.60. The number of rotatable bonds is 3. The summed E-state index contributed by atoms with van der Waals surface area (Å²) in [5.41, 5.74) is 0. The van der Waals surface area contributed by atoms with Crippen LogP contribution >= 0.6 is 0 Å². The smallest absolute Gasteiger partial charge is 0.298 e. The van der Waals surface area contributed by atoms with Crippen LogP contribution in [0.25, 0.3) is 0 Å². The lowest BCUT2D eigenvalue weighted by Gasteiger charge is -2.31. The van der Waals surface area contributed by atoms with Gasteiger partial charge in [-0.3, -0.25) is 4.79 Å².